The Morgan fingerprint density at radius 2 is 1.89 bits per heavy atom. The molecule has 0 aliphatic carbocycles. The summed E-state index contributed by atoms with van der Waals surface area (Å²) in [5.41, 5.74) is -0.0892. The number of benzene rings is 2. The van der Waals surface area contributed by atoms with Gasteiger partial charge in [-0.2, -0.15) is 17.5 Å². The largest absolute Gasteiger partial charge is 0.416 e. The zero-order valence-corrected chi connectivity index (χ0v) is 16.3. The van der Waals surface area contributed by atoms with Crippen molar-refractivity contribution in [2.45, 2.75) is 29.8 Å². The molecule has 9 heteroatoms. The topological polar surface area (TPSA) is 50.3 Å². The van der Waals surface area contributed by atoms with Crippen LogP contribution in [0.2, 0.25) is 0 Å². The van der Waals surface area contributed by atoms with Crippen molar-refractivity contribution in [1.82, 2.24) is 9.29 Å². The molecule has 4 rings (SSSR count). The molecule has 1 aromatic heterocycles. The lowest BCUT2D eigenvalue weighted by Crippen LogP contribution is -2.39. The Bertz CT molecular complexity index is 1080. The monoisotopic (exact) mass is 426 g/mol. The maximum atomic E-state index is 13.0. The Morgan fingerprint density at radius 3 is 2.64 bits per heavy atom. The van der Waals surface area contributed by atoms with Gasteiger partial charge in [0.05, 0.1) is 25.7 Å². The van der Waals surface area contributed by atoms with Gasteiger partial charge in [0, 0.05) is 19.0 Å². The molecule has 1 atom stereocenters. The summed E-state index contributed by atoms with van der Waals surface area (Å²) >= 11 is 1.54. The molecule has 2 aromatic carbocycles. The third kappa shape index (κ3) is 3.66. The van der Waals surface area contributed by atoms with Crippen LogP contribution in [0.25, 0.3) is 10.2 Å². The number of piperidine rings is 1. The average Bonchev–Trinajstić information content (AvgIpc) is 3.12. The lowest BCUT2D eigenvalue weighted by molar-refractivity contribution is -0.137. The van der Waals surface area contributed by atoms with Gasteiger partial charge in [-0.05, 0) is 43.2 Å². The molecule has 1 saturated heterocycles. The number of sulfonamides is 1. The first kappa shape index (κ1) is 19.4. The summed E-state index contributed by atoms with van der Waals surface area (Å²) in [6, 6.07) is 11.6. The molecule has 0 spiro atoms. The van der Waals surface area contributed by atoms with Gasteiger partial charge >= 0.3 is 6.18 Å². The van der Waals surface area contributed by atoms with E-state index in [-0.39, 0.29) is 17.4 Å². The van der Waals surface area contributed by atoms with Crippen LogP contribution in [0.3, 0.4) is 0 Å². The first-order chi connectivity index (χ1) is 13.2. The second kappa shape index (κ2) is 7.13. The third-order valence-electron chi connectivity index (χ3n) is 4.84. The molecule has 0 radical (unpaired) electrons. The van der Waals surface area contributed by atoms with E-state index in [4.69, 9.17) is 0 Å². The highest BCUT2D eigenvalue weighted by Gasteiger charge is 2.35. The first-order valence-electron chi connectivity index (χ1n) is 8.78. The molecule has 0 unspecified atom stereocenters. The standard InChI is InChI=1S/C19H17F3N2O2S2/c20-19(21,22)14-6-3-7-15(11-14)28(25,26)24-10-4-5-13(12-24)18-23-16-8-1-2-9-17(16)27-18/h1-3,6-9,11,13H,4-5,10,12H2/t13-/m1/s1. The fourth-order valence-corrected chi connectivity index (χ4v) is 6.07. The van der Waals surface area contributed by atoms with Gasteiger partial charge < -0.3 is 0 Å². The maximum absolute atomic E-state index is 13.0. The molecule has 0 N–H and O–H groups in total. The number of hydrogen-bond donors (Lipinski definition) is 0. The minimum absolute atomic E-state index is 0.0632. The van der Waals surface area contributed by atoms with E-state index in [0.717, 1.165) is 33.8 Å². The van der Waals surface area contributed by atoms with Gasteiger partial charge in [-0.15, -0.1) is 11.3 Å². The van der Waals surface area contributed by atoms with E-state index < -0.39 is 21.8 Å². The summed E-state index contributed by atoms with van der Waals surface area (Å²) in [4.78, 5) is 4.29. The molecule has 4 nitrogen and oxygen atoms in total. The number of fused-ring (bicyclic) bond motifs is 1. The molecule has 1 fully saturated rings. The number of rotatable bonds is 3. The van der Waals surface area contributed by atoms with Crippen molar-refractivity contribution >= 4 is 31.6 Å². The van der Waals surface area contributed by atoms with Crippen LogP contribution in [-0.4, -0.2) is 30.8 Å². The third-order valence-corrected chi connectivity index (χ3v) is 7.90. The minimum Gasteiger partial charge on any atom is -0.241 e. The van der Waals surface area contributed by atoms with Crippen molar-refractivity contribution in [3.8, 4) is 0 Å². The Balaban J connectivity index is 1.62. The summed E-state index contributed by atoms with van der Waals surface area (Å²) in [5, 5.41) is 0.866. The molecule has 1 aliphatic rings. The molecule has 2 heterocycles. The summed E-state index contributed by atoms with van der Waals surface area (Å²) in [6.07, 6.45) is -3.15. The van der Waals surface area contributed by atoms with E-state index in [1.54, 1.807) is 0 Å². The highest BCUT2D eigenvalue weighted by Crippen LogP contribution is 2.36. The number of para-hydroxylation sites is 1. The van der Waals surface area contributed by atoms with Crippen molar-refractivity contribution in [3.05, 3.63) is 59.1 Å². The van der Waals surface area contributed by atoms with Crippen LogP contribution >= 0.6 is 11.3 Å². The molecular weight excluding hydrogens is 409 g/mol. The van der Waals surface area contributed by atoms with Crippen LogP contribution in [0.1, 0.15) is 29.3 Å². The van der Waals surface area contributed by atoms with Crippen molar-refractivity contribution in [2.24, 2.45) is 0 Å². The van der Waals surface area contributed by atoms with Gasteiger partial charge in [0.2, 0.25) is 10.0 Å². The Morgan fingerprint density at radius 1 is 1.11 bits per heavy atom. The summed E-state index contributed by atoms with van der Waals surface area (Å²) in [7, 11) is -4.01. The Kier molecular flexibility index (Phi) is 4.93. The molecule has 148 valence electrons. The molecule has 1 aliphatic heterocycles. The lowest BCUT2D eigenvalue weighted by atomic mass is 10.0. The van der Waals surface area contributed by atoms with Crippen LogP contribution < -0.4 is 0 Å². The number of halogens is 3. The average molecular weight is 426 g/mol. The minimum atomic E-state index is -4.59. The zero-order chi connectivity index (χ0) is 19.9. The van der Waals surface area contributed by atoms with E-state index in [1.807, 2.05) is 24.3 Å². The molecule has 3 aromatic rings. The van der Waals surface area contributed by atoms with E-state index in [1.165, 1.54) is 21.7 Å². The van der Waals surface area contributed by atoms with Crippen LogP contribution in [0.15, 0.2) is 53.4 Å². The highest BCUT2D eigenvalue weighted by atomic mass is 32.2. The molecular formula is C19H17F3N2O2S2. The number of thiazole rings is 1. The van der Waals surface area contributed by atoms with Crippen LogP contribution in [-0.2, 0) is 16.2 Å². The summed E-state index contributed by atoms with van der Waals surface area (Å²) < 4.78 is 67.1. The molecule has 28 heavy (non-hydrogen) atoms. The SMILES string of the molecule is O=S(=O)(c1cccc(C(F)(F)F)c1)N1CCC[C@@H](c2nc3ccccc3s2)C1. The fourth-order valence-electron chi connectivity index (χ4n) is 3.41. The summed E-state index contributed by atoms with van der Waals surface area (Å²) in [6.45, 7) is 0.512. The predicted molar refractivity (Wildman–Crippen MR) is 102 cm³/mol. The molecule has 0 bridgehead atoms. The number of nitrogens with zero attached hydrogens (tertiary/aromatic N) is 2. The normalized spacial score (nSPS) is 19.2. The van der Waals surface area contributed by atoms with Crippen molar-refractivity contribution in [2.75, 3.05) is 13.1 Å². The Labute approximate surface area is 164 Å². The second-order valence-corrected chi connectivity index (χ2v) is 9.75. The van der Waals surface area contributed by atoms with E-state index in [0.29, 0.717) is 19.0 Å². The molecule has 0 amide bonds. The Hall–Kier alpha value is -1.97. The molecule has 0 saturated carbocycles. The first-order valence-corrected chi connectivity index (χ1v) is 11.0. The van der Waals surface area contributed by atoms with Crippen molar-refractivity contribution in [1.29, 1.82) is 0 Å². The van der Waals surface area contributed by atoms with Crippen molar-refractivity contribution in [3.63, 3.8) is 0 Å². The van der Waals surface area contributed by atoms with E-state index in [9.17, 15) is 21.6 Å². The van der Waals surface area contributed by atoms with Gasteiger partial charge in [0.1, 0.15) is 0 Å². The highest BCUT2D eigenvalue weighted by molar-refractivity contribution is 7.89. The van der Waals surface area contributed by atoms with Gasteiger partial charge in [-0.1, -0.05) is 18.2 Å². The van der Waals surface area contributed by atoms with Gasteiger partial charge in [0.15, 0.2) is 0 Å². The van der Waals surface area contributed by atoms with Gasteiger partial charge in [0.25, 0.3) is 0 Å². The van der Waals surface area contributed by atoms with Crippen LogP contribution in [0, 0.1) is 0 Å². The quantitative estimate of drug-likeness (QED) is 0.600. The maximum Gasteiger partial charge on any atom is 0.416 e. The summed E-state index contributed by atoms with van der Waals surface area (Å²) in [5.74, 6) is -0.0632. The number of aromatic nitrogens is 1. The lowest BCUT2D eigenvalue weighted by Gasteiger charge is -2.31. The van der Waals surface area contributed by atoms with Crippen LogP contribution in [0.4, 0.5) is 13.2 Å². The number of alkyl halides is 3. The van der Waals surface area contributed by atoms with E-state index in [2.05, 4.69) is 4.98 Å². The van der Waals surface area contributed by atoms with Gasteiger partial charge in [-0.3, -0.25) is 0 Å². The number of hydrogen-bond acceptors (Lipinski definition) is 4. The second-order valence-electron chi connectivity index (χ2n) is 6.75. The van der Waals surface area contributed by atoms with Crippen LogP contribution in [0.5, 0.6) is 0 Å². The van der Waals surface area contributed by atoms with E-state index >= 15 is 0 Å². The van der Waals surface area contributed by atoms with Gasteiger partial charge in [-0.25, -0.2) is 13.4 Å². The fraction of sp³-hybridized carbons (Fsp3) is 0.316. The zero-order valence-electron chi connectivity index (χ0n) is 14.7. The smallest absolute Gasteiger partial charge is 0.241 e. The predicted octanol–water partition coefficient (Wildman–Crippen LogP) is 4.88. The van der Waals surface area contributed by atoms with Crippen molar-refractivity contribution < 1.29 is 21.6 Å².